The number of aryl methyl sites for hydroxylation is 1. The van der Waals surface area contributed by atoms with Crippen LogP contribution in [0.25, 0.3) is 10.9 Å². The first-order valence-corrected chi connectivity index (χ1v) is 7.50. The molecule has 0 aliphatic heterocycles. The molecule has 0 amide bonds. The second-order valence-electron chi connectivity index (χ2n) is 4.82. The van der Waals surface area contributed by atoms with Crippen LogP contribution in [-0.2, 0) is 6.42 Å². The summed E-state index contributed by atoms with van der Waals surface area (Å²) < 4.78 is 1.57. The fraction of sp³-hybridized carbons (Fsp3) is 0.286. The Balaban J connectivity index is 2.15. The second kappa shape index (κ2) is 5.25. The molecule has 7 heteroatoms. The van der Waals surface area contributed by atoms with Crippen molar-refractivity contribution in [1.29, 1.82) is 0 Å². The molecular formula is C14H15N5OS. The van der Waals surface area contributed by atoms with E-state index in [2.05, 4.69) is 22.1 Å². The number of aromatic nitrogens is 4. The highest BCUT2D eigenvalue weighted by atomic mass is 32.1. The maximum absolute atomic E-state index is 12.7. The van der Waals surface area contributed by atoms with E-state index in [0.717, 1.165) is 12.0 Å². The van der Waals surface area contributed by atoms with Gasteiger partial charge in [-0.2, -0.15) is 0 Å². The number of nitrogens with two attached hydrogens (primary N) is 1. The van der Waals surface area contributed by atoms with Crippen LogP contribution in [0.15, 0.2) is 29.3 Å². The van der Waals surface area contributed by atoms with Crippen LogP contribution < -0.4 is 11.3 Å². The number of hydrogen-bond donors (Lipinski definition) is 1. The van der Waals surface area contributed by atoms with E-state index < -0.39 is 0 Å². The lowest BCUT2D eigenvalue weighted by Gasteiger charge is -2.12. The summed E-state index contributed by atoms with van der Waals surface area (Å²) >= 11 is 1.28. The van der Waals surface area contributed by atoms with Gasteiger partial charge in [0.2, 0.25) is 5.13 Å². The first-order valence-electron chi connectivity index (χ1n) is 6.68. The van der Waals surface area contributed by atoms with Crippen molar-refractivity contribution in [1.82, 2.24) is 19.7 Å². The van der Waals surface area contributed by atoms with Crippen molar-refractivity contribution in [3.05, 3.63) is 45.5 Å². The van der Waals surface area contributed by atoms with Gasteiger partial charge in [-0.05, 0) is 31.0 Å². The van der Waals surface area contributed by atoms with E-state index >= 15 is 0 Å². The maximum Gasteiger partial charge on any atom is 0.261 e. The normalized spacial score (nSPS) is 12.7. The SMILES string of the molecule is CCc1ccc2ncn([C@H](C)c3nnc(N)s3)c(=O)c2c1. The zero-order chi connectivity index (χ0) is 15.0. The van der Waals surface area contributed by atoms with E-state index in [1.54, 1.807) is 10.9 Å². The van der Waals surface area contributed by atoms with Crippen LogP contribution in [-0.4, -0.2) is 19.7 Å². The van der Waals surface area contributed by atoms with Crippen LogP contribution in [0.1, 0.15) is 30.5 Å². The van der Waals surface area contributed by atoms with Crippen molar-refractivity contribution in [3.63, 3.8) is 0 Å². The molecule has 0 spiro atoms. The second-order valence-corrected chi connectivity index (χ2v) is 5.86. The Labute approximate surface area is 125 Å². The van der Waals surface area contributed by atoms with Gasteiger partial charge in [-0.25, -0.2) is 4.98 Å². The molecule has 21 heavy (non-hydrogen) atoms. The fourth-order valence-electron chi connectivity index (χ4n) is 2.21. The first-order chi connectivity index (χ1) is 10.1. The molecule has 2 heterocycles. The number of nitrogen functional groups attached to an aromatic ring is 1. The Kier molecular flexibility index (Phi) is 3.42. The lowest BCUT2D eigenvalue weighted by molar-refractivity contribution is 0.599. The Morgan fingerprint density at radius 2 is 2.19 bits per heavy atom. The van der Waals surface area contributed by atoms with Gasteiger partial charge in [-0.3, -0.25) is 9.36 Å². The number of fused-ring (bicyclic) bond motifs is 1. The first kappa shape index (κ1) is 13.7. The standard InChI is InChI=1S/C14H15N5OS/c1-3-9-4-5-11-10(6-9)13(20)19(7-16-11)8(2)12-17-18-14(15)21-12/h4-8H,3H2,1-2H3,(H2,15,18)/t8-/m1/s1. The van der Waals surface area contributed by atoms with Crippen LogP contribution in [0.2, 0.25) is 0 Å². The summed E-state index contributed by atoms with van der Waals surface area (Å²) in [6.07, 6.45) is 2.44. The van der Waals surface area contributed by atoms with E-state index in [-0.39, 0.29) is 11.6 Å². The molecule has 3 aromatic rings. The van der Waals surface area contributed by atoms with Crippen molar-refractivity contribution in [2.75, 3.05) is 5.73 Å². The number of benzene rings is 1. The largest absolute Gasteiger partial charge is 0.374 e. The molecule has 0 aliphatic carbocycles. The maximum atomic E-state index is 12.7. The molecule has 0 aliphatic rings. The minimum Gasteiger partial charge on any atom is -0.374 e. The summed E-state index contributed by atoms with van der Waals surface area (Å²) in [7, 11) is 0. The van der Waals surface area contributed by atoms with E-state index in [1.165, 1.54) is 11.3 Å². The summed E-state index contributed by atoms with van der Waals surface area (Å²) in [4.78, 5) is 17.0. The Bertz CT molecular complexity index is 854. The molecule has 3 rings (SSSR count). The molecule has 1 atom stereocenters. The third-order valence-corrected chi connectivity index (χ3v) is 4.41. The topological polar surface area (TPSA) is 86.7 Å². The zero-order valence-electron chi connectivity index (χ0n) is 11.8. The third kappa shape index (κ3) is 2.40. The molecule has 0 bridgehead atoms. The van der Waals surface area contributed by atoms with Crippen molar-refractivity contribution in [2.45, 2.75) is 26.3 Å². The lowest BCUT2D eigenvalue weighted by atomic mass is 10.1. The van der Waals surface area contributed by atoms with E-state index in [9.17, 15) is 4.79 Å². The Hall–Kier alpha value is -2.28. The Morgan fingerprint density at radius 1 is 1.38 bits per heavy atom. The summed E-state index contributed by atoms with van der Waals surface area (Å²) in [6, 6.07) is 5.54. The predicted octanol–water partition coefficient (Wildman–Crippen LogP) is 2.00. The van der Waals surface area contributed by atoms with Gasteiger partial charge in [0.15, 0.2) is 0 Å². The Morgan fingerprint density at radius 3 is 2.86 bits per heavy atom. The van der Waals surface area contributed by atoms with Crippen molar-refractivity contribution in [2.24, 2.45) is 0 Å². The fourth-order valence-corrected chi connectivity index (χ4v) is 2.87. The highest BCUT2D eigenvalue weighted by molar-refractivity contribution is 7.15. The van der Waals surface area contributed by atoms with Crippen LogP contribution >= 0.6 is 11.3 Å². The van der Waals surface area contributed by atoms with E-state index in [1.807, 2.05) is 25.1 Å². The molecule has 6 nitrogen and oxygen atoms in total. The van der Waals surface area contributed by atoms with Gasteiger partial charge in [-0.15, -0.1) is 10.2 Å². The molecule has 2 N–H and O–H groups in total. The van der Waals surface area contributed by atoms with Crippen LogP contribution in [0.4, 0.5) is 5.13 Å². The summed E-state index contributed by atoms with van der Waals surface area (Å²) in [5, 5.41) is 9.51. The number of rotatable bonds is 3. The minimum absolute atomic E-state index is 0.0726. The molecule has 108 valence electrons. The number of hydrogen-bond acceptors (Lipinski definition) is 6. The van der Waals surface area contributed by atoms with Gasteiger partial charge >= 0.3 is 0 Å². The number of nitrogens with zero attached hydrogens (tertiary/aromatic N) is 4. The van der Waals surface area contributed by atoms with Crippen molar-refractivity contribution in [3.8, 4) is 0 Å². The highest BCUT2D eigenvalue weighted by Crippen LogP contribution is 2.22. The van der Waals surface area contributed by atoms with Gasteiger partial charge in [0.25, 0.3) is 5.56 Å². The molecule has 2 aromatic heterocycles. The van der Waals surface area contributed by atoms with Crippen LogP contribution in [0.5, 0.6) is 0 Å². The molecule has 0 radical (unpaired) electrons. The summed E-state index contributed by atoms with van der Waals surface area (Å²) in [5.74, 6) is 0. The van der Waals surface area contributed by atoms with Crippen molar-refractivity contribution >= 4 is 27.4 Å². The molecular weight excluding hydrogens is 286 g/mol. The van der Waals surface area contributed by atoms with E-state index in [4.69, 9.17) is 5.73 Å². The van der Waals surface area contributed by atoms with Gasteiger partial charge in [0.1, 0.15) is 5.01 Å². The molecule has 1 aromatic carbocycles. The van der Waals surface area contributed by atoms with Crippen molar-refractivity contribution < 1.29 is 0 Å². The summed E-state index contributed by atoms with van der Waals surface area (Å²) in [5.41, 5.74) is 7.35. The third-order valence-electron chi connectivity index (χ3n) is 3.49. The molecule has 0 fully saturated rings. The van der Waals surface area contributed by atoms with Gasteiger partial charge in [0, 0.05) is 0 Å². The van der Waals surface area contributed by atoms with Crippen LogP contribution in [0, 0.1) is 0 Å². The predicted molar refractivity (Wildman–Crippen MR) is 83.5 cm³/mol. The molecule has 0 unspecified atom stereocenters. The smallest absolute Gasteiger partial charge is 0.261 e. The average Bonchev–Trinajstić information content (AvgIpc) is 2.93. The van der Waals surface area contributed by atoms with Gasteiger partial charge in [-0.1, -0.05) is 24.3 Å². The highest BCUT2D eigenvalue weighted by Gasteiger charge is 2.16. The number of anilines is 1. The van der Waals surface area contributed by atoms with Gasteiger partial charge in [0.05, 0.1) is 23.3 Å². The zero-order valence-corrected chi connectivity index (χ0v) is 12.6. The summed E-state index contributed by atoms with van der Waals surface area (Å²) in [6.45, 7) is 3.95. The monoisotopic (exact) mass is 301 g/mol. The van der Waals surface area contributed by atoms with Gasteiger partial charge < -0.3 is 5.73 Å². The quantitative estimate of drug-likeness (QED) is 0.799. The van der Waals surface area contributed by atoms with Crippen LogP contribution in [0.3, 0.4) is 0 Å². The average molecular weight is 301 g/mol. The minimum atomic E-state index is -0.241. The molecule has 0 saturated carbocycles. The van der Waals surface area contributed by atoms with E-state index in [0.29, 0.717) is 21.0 Å². The lowest BCUT2D eigenvalue weighted by Crippen LogP contribution is -2.24. The molecule has 0 saturated heterocycles.